The largest absolute Gasteiger partial charge is 0.491 e. The molecule has 12 heteroatoms. The lowest BCUT2D eigenvalue weighted by Crippen LogP contribution is -2.28. The molecule has 8 nitrogen and oxygen atoms in total. The zero-order valence-electron chi connectivity index (χ0n) is 15.5. The number of hydrogen-bond donors (Lipinski definition) is 0. The van der Waals surface area contributed by atoms with Crippen LogP contribution in [-0.4, -0.2) is 32.3 Å². The summed E-state index contributed by atoms with van der Waals surface area (Å²) in [5.41, 5.74) is -1.42. The van der Waals surface area contributed by atoms with Gasteiger partial charge in [0, 0.05) is 5.56 Å². The van der Waals surface area contributed by atoms with E-state index in [-0.39, 0.29) is 29.1 Å². The predicted octanol–water partition coefficient (Wildman–Crippen LogP) is 2.87. The van der Waals surface area contributed by atoms with Crippen LogP contribution in [0.3, 0.4) is 0 Å². The van der Waals surface area contributed by atoms with Crippen LogP contribution in [0.2, 0.25) is 0 Å². The lowest BCUT2D eigenvalue weighted by molar-refractivity contribution is -0.189. The third kappa shape index (κ3) is 3.91. The molecule has 0 amide bonds. The molecule has 156 valence electrons. The summed E-state index contributed by atoms with van der Waals surface area (Å²) in [4.78, 5) is 32.2. The Morgan fingerprint density at radius 2 is 1.81 bits per heavy atom. The second-order valence-electron chi connectivity index (χ2n) is 6.04. The van der Waals surface area contributed by atoms with Crippen molar-refractivity contribution in [3.63, 3.8) is 0 Å². The van der Waals surface area contributed by atoms with E-state index in [2.05, 4.69) is 14.7 Å². The van der Waals surface area contributed by atoms with Gasteiger partial charge < -0.3 is 4.74 Å². The van der Waals surface area contributed by atoms with Gasteiger partial charge in [0.25, 0.3) is 0 Å². The summed E-state index contributed by atoms with van der Waals surface area (Å²) in [6.07, 6.45) is -3.24. The monoisotopic (exact) mass is 431 g/mol. The van der Waals surface area contributed by atoms with E-state index in [9.17, 15) is 37.7 Å². The zero-order chi connectivity index (χ0) is 22.9. The van der Waals surface area contributed by atoms with Crippen molar-refractivity contribution in [2.45, 2.75) is 19.5 Å². The highest BCUT2D eigenvalue weighted by Gasteiger charge is 2.42. The van der Waals surface area contributed by atoms with Crippen LogP contribution >= 0.6 is 0 Å². The first kappa shape index (κ1) is 21.4. The Kier molecular flexibility index (Phi) is 5.41. The fourth-order valence-electron chi connectivity index (χ4n) is 2.77. The Morgan fingerprint density at radius 1 is 1.19 bits per heavy atom. The molecule has 2 heterocycles. The van der Waals surface area contributed by atoms with Crippen molar-refractivity contribution in [1.82, 2.24) is 14.4 Å². The van der Waals surface area contributed by atoms with E-state index >= 15 is 0 Å². The van der Waals surface area contributed by atoms with Crippen molar-refractivity contribution in [3.8, 4) is 17.9 Å². The van der Waals surface area contributed by atoms with E-state index in [1.165, 1.54) is 12.1 Å². The number of esters is 1. The fourth-order valence-corrected chi connectivity index (χ4v) is 2.77. The minimum absolute atomic E-state index is 0.0262. The van der Waals surface area contributed by atoms with Crippen LogP contribution in [0.1, 0.15) is 39.8 Å². The van der Waals surface area contributed by atoms with Crippen molar-refractivity contribution >= 4 is 17.5 Å². The van der Waals surface area contributed by atoms with E-state index in [0.717, 1.165) is 28.9 Å². The molecule has 0 bridgehead atoms. The summed E-state index contributed by atoms with van der Waals surface area (Å²) in [6, 6.07) is 4.74. The molecule has 0 aliphatic rings. The van der Waals surface area contributed by atoms with Crippen LogP contribution in [0.4, 0.5) is 17.6 Å². The SMILES string of the molecule is CCc1nc2ncc(F)cn2c1C(=O)c1cc(C#N)c(OC(=O)C(F)(F)F)c(C#N)c1. The Balaban J connectivity index is 2.17. The summed E-state index contributed by atoms with van der Waals surface area (Å²) in [7, 11) is 0. The van der Waals surface area contributed by atoms with Crippen LogP contribution in [0.5, 0.6) is 5.75 Å². The van der Waals surface area contributed by atoms with E-state index in [0.29, 0.717) is 0 Å². The van der Waals surface area contributed by atoms with Crippen LogP contribution in [0.25, 0.3) is 5.78 Å². The van der Waals surface area contributed by atoms with Crippen molar-refractivity contribution in [1.29, 1.82) is 10.5 Å². The van der Waals surface area contributed by atoms with E-state index in [1.54, 1.807) is 6.92 Å². The second-order valence-corrected chi connectivity index (χ2v) is 6.04. The summed E-state index contributed by atoms with van der Waals surface area (Å²) < 4.78 is 56.5. The fraction of sp³-hybridized carbons (Fsp3) is 0.158. The number of aromatic nitrogens is 3. The maximum absolute atomic E-state index is 13.7. The van der Waals surface area contributed by atoms with Gasteiger partial charge >= 0.3 is 12.1 Å². The van der Waals surface area contributed by atoms with Gasteiger partial charge in [-0.3, -0.25) is 9.20 Å². The topological polar surface area (TPSA) is 121 Å². The molecule has 0 unspecified atom stereocenters. The smallest absolute Gasteiger partial charge is 0.417 e. The Labute approximate surface area is 170 Å². The molecule has 0 fully saturated rings. The first-order valence-corrected chi connectivity index (χ1v) is 8.45. The lowest BCUT2D eigenvalue weighted by atomic mass is 9.99. The molecule has 0 saturated carbocycles. The molecular formula is C19H9F4N5O3. The standard InChI is InChI=1S/C19H9F4N5O3/c1-2-13-14(28-8-12(20)7-26-18(28)27-13)15(29)9-3-10(5-24)16(11(4-9)6-25)31-17(30)19(21,22)23/h3-4,7-8H,2H2,1H3. The predicted molar refractivity (Wildman–Crippen MR) is 93.3 cm³/mol. The van der Waals surface area contributed by atoms with Crippen LogP contribution in [-0.2, 0) is 11.2 Å². The average molecular weight is 431 g/mol. The molecule has 31 heavy (non-hydrogen) atoms. The summed E-state index contributed by atoms with van der Waals surface area (Å²) >= 11 is 0. The number of aryl methyl sites for hydroxylation is 1. The molecule has 0 radical (unpaired) electrons. The van der Waals surface area contributed by atoms with Gasteiger partial charge in [0.05, 0.1) is 29.2 Å². The number of hydrogen-bond acceptors (Lipinski definition) is 7. The number of nitrogens with zero attached hydrogens (tertiary/aromatic N) is 5. The number of ether oxygens (including phenoxy) is 1. The van der Waals surface area contributed by atoms with Crippen molar-refractivity contribution < 1.29 is 31.9 Å². The maximum atomic E-state index is 13.7. The molecule has 1 aromatic carbocycles. The van der Waals surface area contributed by atoms with Gasteiger partial charge in [0.1, 0.15) is 17.8 Å². The molecule has 0 saturated heterocycles. The normalized spacial score (nSPS) is 11.1. The number of benzene rings is 1. The van der Waals surface area contributed by atoms with Gasteiger partial charge in [0.2, 0.25) is 11.6 Å². The lowest BCUT2D eigenvalue weighted by Gasteiger charge is -2.11. The third-order valence-corrected chi connectivity index (χ3v) is 4.09. The first-order chi connectivity index (χ1) is 14.6. The molecule has 2 aromatic heterocycles. The summed E-state index contributed by atoms with van der Waals surface area (Å²) in [5, 5.41) is 18.6. The molecular weight excluding hydrogens is 422 g/mol. The van der Waals surface area contributed by atoms with Gasteiger partial charge in [-0.1, -0.05) is 6.92 Å². The summed E-state index contributed by atoms with van der Waals surface area (Å²) in [6.45, 7) is 1.68. The number of ketones is 1. The number of imidazole rings is 1. The highest BCUT2D eigenvalue weighted by Crippen LogP contribution is 2.29. The van der Waals surface area contributed by atoms with E-state index < -0.39 is 40.6 Å². The Bertz CT molecular complexity index is 1280. The minimum atomic E-state index is -5.36. The number of carbonyl (C=O) groups is 2. The molecule has 3 aromatic rings. The second kappa shape index (κ2) is 7.84. The van der Waals surface area contributed by atoms with Crippen LogP contribution < -0.4 is 4.74 Å². The molecule has 0 aliphatic carbocycles. The van der Waals surface area contributed by atoms with Gasteiger partial charge in [-0.15, -0.1) is 0 Å². The number of nitriles is 2. The highest BCUT2D eigenvalue weighted by molar-refractivity contribution is 6.09. The molecule has 0 atom stereocenters. The number of halogens is 4. The van der Waals surface area contributed by atoms with Crippen molar-refractivity contribution in [2.24, 2.45) is 0 Å². The molecule has 0 N–H and O–H groups in total. The van der Waals surface area contributed by atoms with Crippen LogP contribution in [0, 0.1) is 28.5 Å². The number of alkyl halides is 3. The van der Waals surface area contributed by atoms with E-state index in [1.807, 2.05) is 0 Å². The first-order valence-electron chi connectivity index (χ1n) is 8.45. The van der Waals surface area contributed by atoms with Crippen molar-refractivity contribution in [2.75, 3.05) is 0 Å². The third-order valence-electron chi connectivity index (χ3n) is 4.09. The number of carbonyl (C=O) groups excluding carboxylic acids is 2. The number of fused-ring (bicyclic) bond motifs is 1. The van der Waals surface area contributed by atoms with Crippen LogP contribution in [0.15, 0.2) is 24.5 Å². The molecule has 0 aliphatic heterocycles. The minimum Gasteiger partial charge on any atom is -0.417 e. The quantitative estimate of drug-likeness (QED) is 0.269. The van der Waals surface area contributed by atoms with E-state index in [4.69, 9.17) is 0 Å². The average Bonchev–Trinajstić information content (AvgIpc) is 3.09. The molecule has 0 spiro atoms. The van der Waals surface area contributed by atoms with Gasteiger partial charge in [-0.25, -0.2) is 19.2 Å². The van der Waals surface area contributed by atoms with Gasteiger partial charge in [-0.05, 0) is 18.6 Å². The Morgan fingerprint density at radius 3 is 2.32 bits per heavy atom. The van der Waals surface area contributed by atoms with Gasteiger partial charge in [0.15, 0.2) is 11.6 Å². The van der Waals surface area contributed by atoms with Gasteiger partial charge in [-0.2, -0.15) is 23.7 Å². The Hall–Kier alpha value is -4.32. The number of rotatable bonds is 4. The zero-order valence-corrected chi connectivity index (χ0v) is 15.5. The molecule has 3 rings (SSSR count). The summed E-state index contributed by atoms with van der Waals surface area (Å²) in [5.74, 6) is -5.08. The highest BCUT2D eigenvalue weighted by atomic mass is 19.4. The maximum Gasteiger partial charge on any atom is 0.491 e. The van der Waals surface area contributed by atoms with Crippen molar-refractivity contribution in [3.05, 3.63) is 58.4 Å².